The quantitative estimate of drug-likeness (QED) is 0.883. The highest BCUT2D eigenvalue weighted by atomic mass is 16.5. The van der Waals surface area contributed by atoms with Crippen LogP contribution in [0.5, 0.6) is 0 Å². The molecule has 1 fully saturated rings. The molecule has 0 saturated heterocycles. The largest absolute Gasteiger partial charge is 0.378 e. The smallest absolute Gasteiger partial charge is 0.229 e. The van der Waals surface area contributed by atoms with Gasteiger partial charge in [0.25, 0.3) is 0 Å². The molecule has 0 spiro atoms. The number of methoxy groups -OCH3 is 1. The number of nitrogens with two attached hydrogens (primary N) is 1. The van der Waals surface area contributed by atoms with Gasteiger partial charge in [-0.2, -0.15) is 0 Å². The number of benzene rings is 1. The van der Waals surface area contributed by atoms with E-state index in [0.29, 0.717) is 13.0 Å². The van der Waals surface area contributed by atoms with Gasteiger partial charge in [0, 0.05) is 26.4 Å². The summed E-state index contributed by atoms with van der Waals surface area (Å²) in [5.74, 6) is 0.0991. The summed E-state index contributed by atoms with van der Waals surface area (Å²) in [4.78, 5) is 14.0. The molecule has 0 unspecified atom stereocenters. The molecule has 1 aliphatic carbocycles. The number of hydrogen-bond donors (Lipinski definition) is 1. The van der Waals surface area contributed by atoms with Crippen LogP contribution in [0.2, 0.25) is 0 Å². The van der Waals surface area contributed by atoms with Gasteiger partial charge in [0.1, 0.15) is 0 Å². The first-order valence-corrected chi connectivity index (χ1v) is 6.71. The average molecular weight is 262 g/mol. The monoisotopic (exact) mass is 262 g/mol. The number of nitrogens with zero attached hydrogens (tertiary/aromatic N) is 1. The minimum absolute atomic E-state index is 0.0991. The average Bonchev–Trinajstić information content (AvgIpc) is 2.42. The fourth-order valence-electron chi connectivity index (χ4n) is 2.42. The maximum atomic E-state index is 12.3. The lowest BCUT2D eigenvalue weighted by molar-refractivity contribution is -0.131. The van der Waals surface area contributed by atoms with Crippen LogP contribution in [0.3, 0.4) is 0 Å². The standard InChI is InChI=1S/C15H22N2O2/c1-17(13-6-4-12(11-16)5-7-13)14(18)10-15(19-2)8-3-9-15/h4-7H,3,8-11,16H2,1-2H3. The van der Waals surface area contributed by atoms with Crippen molar-refractivity contribution in [2.75, 3.05) is 19.1 Å². The summed E-state index contributed by atoms with van der Waals surface area (Å²) in [5, 5.41) is 0. The third kappa shape index (κ3) is 2.96. The highest BCUT2D eigenvalue weighted by Gasteiger charge is 2.39. The molecule has 1 aromatic rings. The zero-order chi connectivity index (χ0) is 13.9. The molecule has 4 heteroatoms. The molecule has 4 nitrogen and oxygen atoms in total. The molecule has 0 heterocycles. The predicted molar refractivity (Wildman–Crippen MR) is 76.0 cm³/mol. The zero-order valence-electron chi connectivity index (χ0n) is 11.7. The summed E-state index contributed by atoms with van der Waals surface area (Å²) in [6.07, 6.45) is 3.57. The molecule has 2 rings (SSSR count). The maximum Gasteiger partial charge on any atom is 0.229 e. The van der Waals surface area contributed by atoms with Crippen molar-refractivity contribution in [1.82, 2.24) is 0 Å². The van der Waals surface area contributed by atoms with Crippen molar-refractivity contribution in [1.29, 1.82) is 0 Å². The van der Waals surface area contributed by atoms with E-state index in [1.165, 1.54) is 0 Å². The molecule has 0 atom stereocenters. The molecule has 1 saturated carbocycles. The number of ether oxygens (including phenoxy) is 1. The van der Waals surface area contributed by atoms with Crippen molar-refractivity contribution in [3.05, 3.63) is 29.8 Å². The zero-order valence-corrected chi connectivity index (χ0v) is 11.7. The summed E-state index contributed by atoms with van der Waals surface area (Å²) in [6, 6.07) is 7.77. The Kier molecular flexibility index (Phi) is 4.22. The Balaban J connectivity index is 2.01. The Morgan fingerprint density at radius 3 is 2.42 bits per heavy atom. The van der Waals surface area contributed by atoms with Crippen LogP contribution in [0.15, 0.2) is 24.3 Å². The number of hydrogen-bond acceptors (Lipinski definition) is 3. The van der Waals surface area contributed by atoms with Gasteiger partial charge in [-0.1, -0.05) is 12.1 Å². The first kappa shape index (κ1) is 14.0. The third-order valence-electron chi connectivity index (χ3n) is 4.10. The van der Waals surface area contributed by atoms with Crippen molar-refractivity contribution in [2.24, 2.45) is 5.73 Å². The minimum Gasteiger partial charge on any atom is -0.378 e. The van der Waals surface area contributed by atoms with Crippen LogP contribution in [0.25, 0.3) is 0 Å². The Hall–Kier alpha value is -1.39. The molecule has 1 aromatic carbocycles. The van der Waals surface area contributed by atoms with Crippen LogP contribution in [0, 0.1) is 0 Å². The molecule has 19 heavy (non-hydrogen) atoms. The van der Waals surface area contributed by atoms with Crippen LogP contribution < -0.4 is 10.6 Å². The molecule has 1 aliphatic rings. The van der Waals surface area contributed by atoms with E-state index in [-0.39, 0.29) is 11.5 Å². The van der Waals surface area contributed by atoms with Gasteiger partial charge in [-0.15, -0.1) is 0 Å². The van der Waals surface area contributed by atoms with E-state index in [1.807, 2.05) is 31.3 Å². The highest BCUT2D eigenvalue weighted by molar-refractivity contribution is 5.93. The Morgan fingerprint density at radius 2 is 2.00 bits per heavy atom. The van der Waals surface area contributed by atoms with Gasteiger partial charge in [0.05, 0.1) is 12.0 Å². The topological polar surface area (TPSA) is 55.6 Å². The fraction of sp³-hybridized carbons (Fsp3) is 0.533. The normalized spacial score (nSPS) is 16.8. The van der Waals surface area contributed by atoms with Crippen molar-refractivity contribution in [2.45, 2.75) is 37.8 Å². The van der Waals surface area contributed by atoms with Gasteiger partial charge < -0.3 is 15.4 Å². The van der Waals surface area contributed by atoms with Crippen LogP contribution in [-0.2, 0) is 16.1 Å². The number of anilines is 1. The van der Waals surface area contributed by atoms with Crippen LogP contribution in [0.1, 0.15) is 31.2 Å². The van der Waals surface area contributed by atoms with Crippen LogP contribution >= 0.6 is 0 Å². The molecule has 0 aromatic heterocycles. The summed E-state index contributed by atoms with van der Waals surface area (Å²) >= 11 is 0. The lowest BCUT2D eigenvalue weighted by Crippen LogP contribution is -2.44. The van der Waals surface area contributed by atoms with Crippen LogP contribution in [0.4, 0.5) is 5.69 Å². The van der Waals surface area contributed by atoms with Gasteiger partial charge in [0.2, 0.25) is 5.91 Å². The van der Waals surface area contributed by atoms with Gasteiger partial charge in [-0.25, -0.2) is 0 Å². The summed E-state index contributed by atoms with van der Waals surface area (Å²) in [5.41, 5.74) is 7.31. The van der Waals surface area contributed by atoms with Crippen LogP contribution in [-0.4, -0.2) is 25.7 Å². The molecular formula is C15H22N2O2. The lowest BCUT2D eigenvalue weighted by Gasteiger charge is -2.40. The van der Waals surface area contributed by atoms with E-state index >= 15 is 0 Å². The Bertz CT molecular complexity index is 432. The Labute approximate surface area is 114 Å². The minimum atomic E-state index is -0.220. The second-order valence-electron chi connectivity index (χ2n) is 5.24. The second-order valence-corrected chi connectivity index (χ2v) is 5.24. The lowest BCUT2D eigenvalue weighted by atomic mass is 9.77. The maximum absolute atomic E-state index is 12.3. The third-order valence-corrected chi connectivity index (χ3v) is 4.10. The first-order chi connectivity index (χ1) is 9.10. The van der Waals surface area contributed by atoms with E-state index in [4.69, 9.17) is 10.5 Å². The van der Waals surface area contributed by atoms with Crippen molar-refractivity contribution in [3.8, 4) is 0 Å². The molecule has 1 amide bonds. The molecule has 104 valence electrons. The van der Waals surface area contributed by atoms with E-state index in [0.717, 1.165) is 30.5 Å². The molecular weight excluding hydrogens is 240 g/mol. The highest BCUT2D eigenvalue weighted by Crippen LogP contribution is 2.38. The second kappa shape index (κ2) is 5.72. The number of rotatable bonds is 5. The summed E-state index contributed by atoms with van der Waals surface area (Å²) in [7, 11) is 3.50. The molecule has 0 radical (unpaired) electrons. The van der Waals surface area contributed by atoms with Crippen molar-refractivity contribution in [3.63, 3.8) is 0 Å². The molecule has 2 N–H and O–H groups in total. The molecule has 0 bridgehead atoms. The van der Waals surface area contributed by atoms with E-state index in [1.54, 1.807) is 12.0 Å². The number of carbonyl (C=O) groups excluding carboxylic acids is 1. The fourth-order valence-corrected chi connectivity index (χ4v) is 2.42. The van der Waals surface area contributed by atoms with E-state index in [2.05, 4.69) is 0 Å². The van der Waals surface area contributed by atoms with E-state index in [9.17, 15) is 4.79 Å². The summed E-state index contributed by atoms with van der Waals surface area (Å²) in [6.45, 7) is 0.519. The summed E-state index contributed by atoms with van der Waals surface area (Å²) < 4.78 is 5.50. The SMILES string of the molecule is COC1(CC(=O)N(C)c2ccc(CN)cc2)CCC1. The van der Waals surface area contributed by atoms with Gasteiger partial charge in [-0.3, -0.25) is 4.79 Å². The predicted octanol–water partition coefficient (Wildman–Crippen LogP) is 2.07. The van der Waals surface area contributed by atoms with Crippen molar-refractivity contribution >= 4 is 11.6 Å². The van der Waals surface area contributed by atoms with Crippen molar-refractivity contribution < 1.29 is 9.53 Å². The van der Waals surface area contributed by atoms with E-state index < -0.39 is 0 Å². The van der Waals surface area contributed by atoms with Gasteiger partial charge in [-0.05, 0) is 37.0 Å². The van der Waals surface area contributed by atoms with Gasteiger partial charge in [0.15, 0.2) is 0 Å². The molecule has 0 aliphatic heterocycles. The number of amides is 1. The van der Waals surface area contributed by atoms with Gasteiger partial charge >= 0.3 is 0 Å². The number of carbonyl (C=O) groups is 1. The Morgan fingerprint density at radius 1 is 1.37 bits per heavy atom. The first-order valence-electron chi connectivity index (χ1n) is 6.71.